The van der Waals surface area contributed by atoms with Crippen LogP contribution in [-0.4, -0.2) is 54.3 Å². The summed E-state index contributed by atoms with van der Waals surface area (Å²) < 4.78 is 0. The maximum atomic E-state index is 12.5. The van der Waals surface area contributed by atoms with Crippen LogP contribution in [0.25, 0.3) is 0 Å². The summed E-state index contributed by atoms with van der Waals surface area (Å²) in [4.78, 5) is 28.4. The highest BCUT2D eigenvalue weighted by atomic mass is 16.2. The zero-order chi connectivity index (χ0) is 17.1. The highest BCUT2D eigenvalue weighted by Gasteiger charge is 2.28. The Kier molecular flexibility index (Phi) is 5.19. The number of carbonyl (C=O) groups excluding carboxylic acids is 2. The minimum atomic E-state index is -0.0334. The van der Waals surface area contributed by atoms with Crippen LogP contribution in [-0.2, 0) is 0 Å². The van der Waals surface area contributed by atoms with E-state index in [1.54, 1.807) is 19.1 Å². The molecular weight excluding hydrogens is 302 g/mol. The van der Waals surface area contributed by atoms with Crippen LogP contribution in [0.1, 0.15) is 42.1 Å². The van der Waals surface area contributed by atoms with Gasteiger partial charge in [0.15, 0.2) is 5.78 Å². The van der Waals surface area contributed by atoms with Gasteiger partial charge in [-0.2, -0.15) is 0 Å². The molecule has 2 aliphatic heterocycles. The lowest BCUT2D eigenvalue weighted by Crippen LogP contribution is -2.34. The molecule has 2 saturated heterocycles. The van der Waals surface area contributed by atoms with E-state index >= 15 is 0 Å². The fourth-order valence-corrected chi connectivity index (χ4v) is 3.84. The largest absolute Gasteiger partial charge is 0.324 e. The van der Waals surface area contributed by atoms with Crippen molar-refractivity contribution in [3.8, 4) is 0 Å². The molecule has 5 heteroatoms. The second kappa shape index (κ2) is 7.34. The molecule has 0 spiro atoms. The number of anilines is 1. The van der Waals surface area contributed by atoms with Crippen LogP contribution in [0.15, 0.2) is 18.2 Å². The number of hydrogen-bond acceptors (Lipinski definition) is 3. The van der Waals surface area contributed by atoms with Gasteiger partial charge >= 0.3 is 6.03 Å². The molecule has 24 heavy (non-hydrogen) atoms. The number of nitrogens with zero attached hydrogens (tertiary/aromatic N) is 2. The number of Topliss-reactive ketones (excluding diaryl/α,β-unsaturated/α-hetero) is 1. The summed E-state index contributed by atoms with van der Waals surface area (Å²) in [5.74, 6) is 0.644. The molecule has 1 N–H and O–H groups in total. The van der Waals surface area contributed by atoms with Crippen LogP contribution >= 0.6 is 0 Å². The van der Waals surface area contributed by atoms with E-state index < -0.39 is 0 Å². The van der Waals surface area contributed by atoms with Gasteiger partial charge in [-0.25, -0.2) is 4.79 Å². The smallest absolute Gasteiger partial charge is 0.321 e. The monoisotopic (exact) mass is 329 g/mol. The Morgan fingerprint density at radius 1 is 1.21 bits per heavy atom. The number of urea groups is 1. The van der Waals surface area contributed by atoms with Crippen molar-refractivity contribution in [2.75, 3.05) is 38.0 Å². The van der Waals surface area contributed by atoms with E-state index in [4.69, 9.17) is 0 Å². The number of nitrogens with one attached hydrogen (secondary N) is 1. The van der Waals surface area contributed by atoms with Gasteiger partial charge < -0.3 is 15.1 Å². The van der Waals surface area contributed by atoms with Gasteiger partial charge in [0.05, 0.1) is 0 Å². The highest BCUT2D eigenvalue weighted by Crippen LogP contribution is 2.21. The molecule has 1 aromatic carbocycles. The fraction of sp³-hybridized carbons (Fsp3) is 0.579. The Labute approximate surface area is 144 Å². The van der Waals surface area contributed by atoms with Crippen LogP contribution in [0.4, 0.5) is 10.5 Å². The van der Waals surface area contributed by atoms with Crippen molar-refractivity contribution in [3.05, 3.63) is 29.3 Å². The average molecular weight is 329 g/mol. The number of aryl methyl sites for hydroxylation is 1. The lowest BCUT2D eigenvalue weighted by atomic mass is 10.1. The van der Waals surface area contributed by atoms with Crippen molar-refractivity contribution >= 4 is 17.5 Å². The third-order valence-corrected chi connectivity index (χ3v) is 5.15. The van der Waals surface area contributed by atoms with Gasteiger partial charge in [-0.15, -0.1) is 0 Å². The molecule has 0 aliphatic carbocycles. The predicted molar refractivity (Wildman–Crippen MR) is 95.6 cm³/mol. The normalized spacial score (nSPS) is 21.2. The van der Waals surface area contributed by atoms with Gasteiger partial charge in [-0.05, 0) is 75.9 Å². The second-order valence-corrected chi connectivity index (χ2v) is 7.12. The summed E-state index contributed by atoms with van der Waals surface area (Å²) in [6.07, 6.45) is 3.71. The first-order valence-corrected chi connectivity index (χ1v) is 8.93. The molecule has 130 valence electrons. The molecule has 2 amide bonds. The zero-order valence-electron chi connectivity index (χ0n) is 14.7. The third kappa shape index (κ3) is 3.96. The van der Waals surface area contributed by atoms with Crippen LogP contribution in [0.3, 0.4) is 0 Å². The Balaban J connectivity index is 1.53. The van der Waals surface area contributed by atoms with Crippen LogP contribution in [0.5, 0.6) is 0 Å². The molecule has 3 rings (SSSR count). The summed E-state index contributed by atoms with van der Waals surface area (Å²) >= 11 is 0. The van der Waals surface area contributed by atoms with Crippen molar-refractivity contribution in [2.24, 2.45) is 5.92 Å². The maximum Gasteiger partial charge on any atom is 0.321 e. The van der Waals surface area contributed by atoms with Gasteiger partial charge in [0, 0.05) is 30.9 Å². The summed E-state index contributed by atoms with van der Waals surface area (Å²) in [5.41, 5.74) is 2.36. The molecule has 1 aromatic rings. The van der Waals surface area contributed by atoms with Gasteiger partial charge in [-0.3, -0.25) is 4.79 Å². The highest BCUT2D eigenvalue weighted by molar-refractivity contribution is 5.97. The van der Waals surface area contributed by atoms with Crippen LogP contribution < -0.4 is 5.32 Å². The number of rotatable bonds is 4. The standard InChI is InChI=1S/C19H27N3O2/c1-14-11-17(5-6-18(14)15(2)23)20-19(24)22-10-7-16(13-22)12-21-8-3-4-9-21/h5-6,11,16H,3-4,7-10,12-13H2,1-2H3,(H,20,24)/t16-/m1/s1. The average Bonchev–Trinajstić information content (AvgIpc) is 3.19. The van der Waals surface area contributed by atoms with E-state index in [9.17, 15) is 9.59 Å². The molecule has 0 bridgehead atoms. The number of ketones is 1. The fourth-order valence-electron chi connectivity index (χ4n) is 3.84. The Morgan fingerprint density at radius 3 is 2.62 bits per heavy atom. The first-order chi connectivity index (χ1) is 11.5. The summed E-state index contributed by atoms with van der Waals surface area (Å²) in [6, 6.07) is 5.42. The molecule has 2 fully saturated rings. The third-order valence-electron chi connectivity index (χ3n) is 5.15. The molecule has 2 heterocycles. The molecule has 0 radical (unpaired) electrons. The predicted octanol–water partition coefficient (Wildman–Crippen LogP) is 3.15. The lowest BCUT2D eigenvalue weighted by molar-refractivity contribution is 0.101. The quantitative estimate of drug-likeness (QED) is 0.864. The molecule has 5 nitrogen and oxygen atoms in total. The Bertz CT molecular complexity index is 623. The molecule has 0 aromatic heterocycles. The lowest BCUT2D eigenvalue weighted by Gasteiger charge is -2.21. The topological polar surface area (TPSA) is 52.7 Å². The van der Waals surface area contributed by atoms with Gasteiger partial charge in [0.1, 0.15) is 0 Å². The molecule has 0 saturated carbocycles. The number of carbonyl (C=O) groups is 2. The zero-order valence-corrected chi connectivity index (χ0v) is 14.7. The van der Waals surface area contributed by atoms with E-state index in [-0.39, 0.29) is 11.8 Å². The SMILES string of the molecule is CC(=O)c1ccc(NC(=O)N2CC[C@H](CN3CCCC3)C2)cc1C. The second-order valence-electron chi connectivity index (χ2n) is 7.12. The Hall–Kier alpha value is -1.88. The van der Waals surface area contributed by atoms with E-state index in [1.807, 2.05) is 17.9 Å². The summed E-state index contributed by atoms with van der Waals surface area (Å²) in [6.45, 7) is 8.67. The molecule has 2 aliphatic rings. The van der Waals surface area contributed by atoms with Gasteiger partial charge in [0.25, 0.3) is 0 Å². The van der Waals surface area contributed by atoms with Crippen molar-refractivity contribution in [2.45, 2.75) is 33.1 Å². The molecule has 1 atom stereocenters. The van der Waals surface area contributed by atoms with Gasteiger partial charge in [-0.1, -0.05) is 0 Å². The number of likely N-dealkylation sites (tertiary alicyclic amines) is 2. The minimum absolute atomic E-state index is 0.0334. The maximum absolute atomic E-state index is 12.5. The van der Waals surface area contributed by atoms with Crippen molar-refractivity contribution in [3.63, 3.8) is 0 Å². The summed E-state index contributed by atoms with van der Waals surface area (Å²) in [7, 11) is 0. The Morgan fingerprint density at radius 2 is 1.96 bits per heavy atom. The van der Waals surface area contributed by atoms with E-state index in [2.05, 4.69) is 10.2 Å². The van der Waals surface area contributed by atoms with Crippen molar-refractivity contribution < 1.29 is 9.59 Å². The molecule has 0 unspecified atom stereocenters. The summed E-state index contributed by atoms with van der Waals surface area (Å²) in [5, 5.41) is 2.97. The van der Waals surface area contributed by atoms with Crippen LogP contribution in [0.2, 0.25) is 0 Å². The first-order valence-electron chi connectivity index (χ1n) is 8.93. The number of benzene rings is 1. The van der Waals surface area contributed by atoms with E-state index in [0.717, 1.165) is 37.3 Å². The van der Waals surface area contributed by atoms with Gasteiger partial charge in [0.2, 0.25) is 0 Å². The van der Waals surface area contributed by atoms with Crippen molar-refractivity contribution in [1.82, 2.24) is 9.80 Å². The number of hydrogen-bond donors (Lipinski definition) is 1. The number of amides is 2. The first kappa shape index (κ1) is 17.0. The molecular formula is C19H27N3O2. The van der Waals surface area contributed by atoms with E-state index in [1.165, 1.54) is 25.9 Å². The van der Waals surface area contributed by atoms with Crippen molar-refractivity contribution in [1.29, 1.82) is 0 Å². The van der Waals surface area contributed by atoms with E-state index in [0.29, 0.717) is 11.5 Å². The minimum Gasteiger partial charge on any atom is -0.324 e. The van der Waals surface area contributed by atoms with Crippen LogP contribution in [0, 0.1) is 12.8 Å².